The second kappa shape index (κ2) is 3.96. The lowest BCUT2D eigenvalue weighted by atomic mass is 10.1. The van der Waals surface area contributed by atoms with E-state index < -0.39 is 11.7 Å². The van der Waals surface area contributed by atoms with Crippen molar-refractivity contribution in [1.29, 1.82) is 0 Å². The number of hydrogen-bond donors (Lipinski definition) is 1. The molecule has 1 aromatic carbocycles. The van der Waals surface area contributed by atoms with Gasteiger partial charge in [0.2, 0.25) is 0 Å². The van der Waals surface area contributed by atoms with Gasteiger partial charge in [0.15, 0.2) is 0 Å². The molecule has 0 bridgehead atoms. The molecule has 17 heavy (non-hydrogen) atoms. The van der Waals surface area contributed by atoms with E-state index in [-0.39, 0.29) is 16.5 Å². The highest BCUT2D eigenvalue weighted by molar-refractivity contribution is 6.30. The van der Waals surface area contributed by atoms with Gasteiger partial charge in [0.25, 0.3) is 0 Å². The highest BCUT2D eigenvalue weighted by Gasteiger charge is 2.34. The van der Waals surface area contributed by atoms with Crippen LogP contribution in [-0.2, 0) is 6.18 Å². The monoisotopic (exact) mass is 261 g/mol. The molecule has 2 N–H and O–H groups in total. The van der Waals surface area contributed by atoms with Crippen LogP contribution < -0.4 is 5.73 Å². The molecule has 0 atom stereocenters. The SMILES string of the molecule is Nc1ccn(-c2ccc(Cl)cc2C(F)(F)F)n1. The standard InChI is InChI=1S/C10H7ClF3N3/c11-6-1-2-8(7(5-6)10(12,13)14)17-4-3-9(15)16-17/h1-5H,(H2,15,16). The van der Waals surface area contributed by atoms with Crippen LogP contribution in [-0.4, -0.2) is 9.78 Å². The Kier molecular flexibility index (Phi) is 2.74. The van der Waals surface area contributed by atoms with Gasteiger partial charge >= 0.3 is 6.18 Å². The molecule has 0 aliphatic heterocycles. The van der Waals surface area contributed by atoms with Gasteiger partial charge in [0.1, 0.15) is 5.82 Å². The van der Waals surface area contributed by atoms with Crippen LogP contribution in [0.4, 0.5) is 19.0 Å². The van der Waals surface area contributed by atoms with Crippen LogP contribution in [0.25, 0.3) is 5.69 Å². The van der Waals surface area contributed by atoms with Gasteiger partial charge in [0, 0.05) is 17.3 Å². The average Bonchev–Trinajstić information content (AvgIpc) is 2.63. The van der Waals surface area contributed by atoms with Gasteiger partial charge in [-0.15, -0.1) is 0 Å². The van der Waals surface area contributed by atoms with Crippen molar-refractivity contribution in [3.63, 3.8) is 0 Å². The molecule has 7 heteroatoms. The predicted octanol–water partition coefficient (Wildman–Crippen LogP) is 3.13. The van der Waals surface area contributed by atoms with Crippen molar-refractivity contribution < 1.29 is 13.2 Å². The molecule has 0 saturated carbocycles. The summed E-state index contributed by atoms with van der Waals surface area (Å²) in [5.74, 6) is 0.146. The molecule has 3 nitrogen and oxygen atoms in total. The molecule has 0 radical (unpaired) electrons. The molecule has 0 aliphatic rings. The first kappa shape index (κ1) is 11.8. The zero-order valence-electron chi connectivity index (χ0n) is 8.37. The third-order valence-corrected chi connectivity index (χ3v) is 2.36. The Hall–Kier alpha value is -1.69. The highest BCUT2D eigenvalue weighted by atomic mass is 35.5. The molecule has 1 aromatic heterocycles. The molecule has 0 unspecified atom stereocenters. The van der Waals surface area contributed by atoms with Gasteiger partial charge in [0.05, 0.1) is 11.3 Å². The summed E-state index contributed by atoms with van der Waals surface area (Å²) in [6.07, 6.45) is -3.14. The molecular formula is C10H7ClF3N3. The van der Waals surface area contributed by atoms with Crippen molar-refractivity contribution in [1.82, 2.24) is 9.78 Å². The predicted molar refractivity (Wildman–Crippen MR) is 58.0 cm³/mol. The fraction of sp³-hybridized carbons (Fsp3) is 0.100. The van der Waals surface area contributed by atoms with E-state index in [1.165, 1.54) is 24.4 Å². The van der Waals surface area contributed by atoms with Crippen molar-refractivity contribution in [2.45, 2.75) is 6.18 Å². The van der Waals surface area contributed by atoms with E-state index >= 15 is 0 Å². The van der Waals surface area contributed by atoms with Crippen LogP contribution in [0.15, 0.2) is 30.5 Å². The molecule has 0 saturated heterocycles. The first-order chi connectivity index (χ1) is 7.88. The van der Waals surface area contributed by atoms with E-state index in [1.807, 2.05) is 0 Å². The molecule has 0 amide bonds. The van der Waals surface area contributed by atoms with Gasteiger partial charge < -0.3 is 5.73 Å². The fourth-order valence-corrected chi connectivity index (χ4v) is 1.58. The fourth-order valence-electron chi connectivity index (χ4n) is 1.41. The maximum absolute atomic E-state index is 12.8. The first-order valence-electron chi connectivity index (χ1n) is 4.56. The zero-order chi connectivity index (χ0) is 12.6. The number of alkyl halides is 3. The number of aromatic nitrogens is 2. The maximum Gasteiger partial charge on any atom is 0.418 e. The van der Waals surface area contributed by atoms with Gasteiger partial charge in [-0.1, -0.05) is 11.6 Å². The van der Waals surface area contributed by atoms with Crippen molar-refractivity contribution in [2.75, 3.05) is 5.73 Å². The van der Waals surface area contributed by atoms with Crippen LogP contribution in [0.3, 0.4) is 0 Å². The summed E-state index contributed by atoms with van der Waals surface area (Å²) in [4.78, 5) is 0. The molecule has 1 heterocycles. The Bertz CT molecular complexity index is 548. The van der Waals surface area contributed by atoms with E-state index in [0.29, 0.717) is 0 Å². The summed E-state index contributed by atoms with van der Waals surface area (Å²) < 4.78 is 39.4. The topological polar surface area (TPSA) is 43.8 Å². The van der Waals surface area contributed by atoms with Gasteiger partial charge in [-0.25, -0.2) is 4.68 Å². The minimum atomic E-state index is -4.50. The first-order valence-corrected chi connectivity index (χ1v) is 4.94. The Morgan fingerprint density at radius 1 is 1.24 bits per heavy atom. The van der Waals surface area contributed by atoms with E-state index in [4.69, 9.17) is 17.3 Å². The average molecular weight is 262 g/mol. The van der Waals surface area contributed by atoms with Crippen LogP contribution >= 0.6 is 11.6 Å². The largest absolute Gasteiger partial charge is 0.418 e. The minimum Gasteiger partial charge on any atom is -0.382 e. The Morgan fingerprint density at radius 3 is 2.47 bits per heavy atom. The van der Waals surface area contributed by atoms with Crippen molar-refractivity contribution >= 4 is 17.4 Å². The molecule has 2 rings (SSSR count). The summed E-state index contributed by atoms with van der Waals surface area (Å²) in [6.45, 7) is 0. The van der Waals surface area contributed by atoms with Crippen molar-refractivity contribution in [3.05, 3.63) is 41.0 Å². The number of nitrogens with zero attached hydrogens (tertiary/aromatic N) is 2. The van der Waals surface area contributed by atoms with Gasteiger partial charge in [-0.05, 0) is 18.2 Å². The number of anilines is 1. The van der Waals surface area contributed by atoms with E-state index in [0.717, 1.165) is 10.7 Å². The molecule has 0 aliphatic carbocycles. The van der Waals surface area contributed by atoms with Gasteiger partial charge in [-0.3, -0.25) is 0 Å². The second-order valence-corrected chi connectivity index (χ2v) is 3.78. The Labute approximate surface area is 99.6 Å². The van der Waals surface area contributed by atoms with Crippen LogP contribution in [0.5, 0.6) is 0 Å². The number of nitrogen functional groups attached to an aromatic ring is 1. The highest BCUT2D eigenvalue weighted by Crippen LogP contribution is 2.35. The minimum absolute atomic E-state index is 0.0150. The summed E-state index contributed by atoms with van der Waals surface area (Å²) in [5.41, 5.74) is 4.40. The number of benzene rings is 1. The lowest BCUT2D eigenvalue weighted by Crippen LogP contribution is -2.11. The van der Waals surface area contributed by atoms with Gasteiger partial charge in [-0.2, -0.15) is 18.3 Å². The maximum atomic E-state index is 12.8. The van der Waals surface area contributed by atoms with Crippen molar-refractivity contribution in [3.8, 4) is 5.69 Å². The third-order valence-electron chi connectivity index (χ3n) is 2.12. The third kappa shape index (κ3) is 2.36. The molecule has 0 fully saturated rings. The second-order valence-electron chi connectivity index (χ2n) is 3.34. The van der Waals surface area contributed by atoms with E-state index in [9.17, 15) is 13.2 Å². The zero-order valence-corrected chi connectivity index (χ0v) is 9.13. The number of halogens is 4. The Balaban J connectivity index is 2.61. The van der Waals surface area contributed by atoms with E-state index in [1.54, 1.807) is 0 Å². The van der Waals surface area contributed by atoms with Crippen LogP contribution in [0.2, 0.25) is 5.02 Å². The normalized spacial score (nSPS) is 11.8. The summed E-state index contributed by atoms with van der Waals surface area (Å²) in [5, 5.41) is 3.75. The lowest BCUT2D eigenvalue weighted by molar-refractivity contribution is -0.137. The smallest absolute Gasteiger partial charge is 0.382 e. The number of hydrogen-bond acceptors (Lipinski definition) is 2. The molecular weight excluding hydrogens is 255 g/mol. The molecule has 90 valence electrons. The summed E-state index contributed by atoms with van der Waals surface area (Å²) >= 11 is 5.56. The molecule has 0 spiro atoms. The number of rotatable bonds is 1. The summed E-state index contributed by atoms with van der Waals surface area (Å²) in [6, 6.07) is 4.88. The quantitative estimate of drug-likeness (QED) is 0.857. The number of nitrogens with two attached hydrogens (primary N) is 1. The van der Waals surface area contributed by atoms with Crippen LogP contribution in [0, 0.1) is 0 Å². The van der Waals surface area contributed by atoms with E-state index in [2.05, 4.69) is 5.10 Å². The Morgan fingerprint density at radius 2 is 1.94 bits per heavy atom. The summed E-state index contributed by atoms with van der Waals surface area (Å²) in [7, 11) is 0. The van der Waals surface area contributed by atoms with Crippen molar-refractivity contribution in [2.24, 2.45) is 0 Å². The molecule has 2 aromatic rings. The van der Waals surface area contributed by atoms with Crippen LogP contribution in [0.1, 0.15) is 5.56 Å². The lowest BCUT2D eigenvalue weighted by Gasteiger charge is -2.12.